The number of rotatable bonds is 5. The standard InChI is InChI=1S/C6H10FN3O3/c7-3(6(10)13)1-2(4(8)11)5(9)12/h2-3H,1H2,(H2,8,11)(H2,9,12)(H2,10,13). The molecule has 6 N–H and O–H groups in total. The molecule has 0 aromatic carbocycles. The number of hydrogen-bond acceptors (Lipinski definition) is 3. The molecule has 6 nitrogen and oxygen atoms in total. The fourth-order valence-corrected chi connectivity index (χ4v) is 0.696. The second kappa shape index (κ2) is 4.39. The highest BCUT2D eigenvalue weighted by Crippen LogP contribution is 2.08. The normalized spacial score (nSPS) is 12.5. The van der Waals surface area contributed by atoms with E-state index in [-0.39, 0.29) is 0 Å². The lowest BCUT2D eigenvalue weighted by Gasteiger charge is -2.09. The summed E-state index contributed by atoms with van der Waals surface area (Å²) in [5, 5.41) is 0. The van der Waals surface area contributed by atoms with Crippen LogP contribution in [0, 0.1) is 5.92 Å². The summed E-state index contributed by atoms with van der Waals surface area (Å²) in [6, 6.07) is 0. The highest BCUT2D eigenvalue weighted by molar-refractivity contribution is 5.99. The second-order valence-electron chi connectivity index (χ2n) is 2.46. The quantitative estimate of drug-likeness (QED) is 0.426. The number of hydrogen-bond donors (Lipinski definition) is 3. The summed E-state index contributed by atoms with van der Waals surface area (Å²) in [5.41, 5.74) is 14.0. The van der Waals surface area contributed by atoms with Crippen molar-refractivity contribution in [3.63, 3.8) is 0 Å². The SMILES string of the molecule is NC(=O)C(F)CC(C(N)=O)C(N)=O. The van der Waals surface area contributed by atoms with Gasteiger partial charge in [-0.25, -0.2) is 4.39 Å². The molecule has 0 fully saturated rings. The molecule has 0 heterocycles. The maximum atomic E-state index is 12.6. The molecule has 0 aromatic heterocycles. The molecule has 0 aliphatic carbocycles. The Hall–Kier alpha value is -1.66. The Morgan fingerprint density at radius 3 is 1.62 bits per heavy atom. The summed E-state index contributed by atoms with van der Waals surface area (Å²) >= 11 is 0. The van der Waals surface area contributed by atoms with Crippen LogP contribution in [0.25, 0.3) is 0 Å². The molecule has 13 heavy (non-hydrogen) atoms. The average Bonchev–Trinajstić information content (AvgIpc) is 1.97. The van der Waals surface area contributed by atoms with E-state index in [2.05, 4.69) is 5.73 Å². The van der Waals surface area contributed by atoms with Gasteiger partial charge in [0.1, 0.15) is 5.92 Å². The second-order valence-corrected chi connectivity index (χ2v) is 2.46. The molecule has 0 aliphatic rings. The third kappa shape index (κ3) is 3.50. The lowest BCUT2D eigenvalue weighted by Crippen LogP contribution is -2.39. The number of carbonyl (C=O) groups excluding carboxylic acids is 3. The maximum Gasteiger partial charge on any atom is 0.252 e. The van der Waals surface area contributed by atoms with Gasteiger partial charge in [0.25, 0.3) is 5.91 Å². The van der Waals surface area contributed by atoms with E-state index in [1.807, 2.05) is 0 Å². The fourth-order valence-electron chi connectivity index (χ4n) is 0.696. The Morgan fingerprint density at radius 2 is 1.38 bits per heavy atom. The molecule has 0 spiro atoms. The van der Waals surface area contributed by atoms with Gasteiger partial charge in [-0.1, -0.05) is 0 Å². The van der Waals surface area contributed by atoms with Gasteiger partial charge in [-0.05, 0) is 0 Å². The molecule has 1 atom stereocenters. The Balaban J connectivity index is 4.35. The largest absolute Gasteiger partial charge is 0.369 e. The lowest BCUT2D eigenvalue weighted by atomic mass is 10.0. The van der Waals surface area contributed by atoms with Gasteiger partial charge in [0.05, 0.1) is 0 Å². The zero-order valence-electron chi connectivity index (χ0n) is 6.70. The molecule has 0 bridgehead atoms. The van der Waals surface area contributed by atoms with E-state index in [0.717, 1.165) is 0 Å². The van der Waals surface area contributed by atoms with Crippen molar-refractivity contribution in [1.82, 2.24) is 0 Å². The molecule has 74 valence electrons. The van der Waals surface area contributed by atoms with Gasteiger partial charge in [-0.15, -0.1) is 0 Å². The van der Waals surface area contributed by atoms with Gasteiger partial charge in [-0.2, -0.15) is 0 Å². The molecule has 7 heteroatoms. The molecule has 0 aliphatic heterocycles. The molecular formula is C6H10FN3O3. The lowest BCUT2D eigenvalue weighted by molar-refractivity contribution is -0.133. The summed E-state index contributed by atoms with van der Waals surface area (Å²) in [6.45, 7) is 0. The zero-order valence-corrected chi connectivity index (χ0v) is 6.70. The number of nitrogens with two attached hydrogens (primary N) is 3. The molecule has 0 rings (SSSR count). The van der Waals surface area contributed by atoms with Gasteiger partial charge in [0.2, 0.25) is 11.8 Å². The Bertz CT molecular complexity index is 229. The average molecular weight is 191 g/mol. The summed E-state index contributed by atoms with van der Waals surface area (Å²) in [6.07, 6.45) is -2.79. The molecule has 0 saturated heterocycles. The fraction of sp³-hybridized carbons (Fsp3) is 0.500. The van der Waals surface area contributed by atoms with Gasteiger partial charge >= 0.3 is 0 Å². The van der Waals surface area contributed by atoms with Gasteiger partial charge in [0.15, 0.2) is 6.17 Å². The first-order valence-corrected chi connectivity index (χ1v) is 3.38. The highest BCUT2D eigenvalue weighted by atomic mass is 19.1. The molecule has 3 amide bonds. The van der Waals surface area contributed by atoms with E-state index in [9.17, 15) is 18.8 Å². The van der Waals surface area contributed by atoms with E-state index in [1.165, 1.54) is 0 Å². The van der Waals surface area contributed by atoms with E-state index < -0.39 is 36.2 Å². The summed E-state index contributed by atoms with van der Waals surface area (Å²) < 4.78 is 12.6. The van der Waals surface area contributed by atoms with Crippen LogP contribution in [0.4, 0.5) is 4.39 Å². The number of halogens is 1. The number of alkyl halides is 1. The van der Waals surface area contributed by atoms with Crippen LogP contribution in [0.3, 0.4) is 0 Å². The maximum absolute atomic E-state index is 12.6. The molecule has 0 aromatic rings. The molecular weight excluding hydrogens is 181 g/mol. The first-order chi connectivity index (χ1) is 5.86. The number of carbonyl (C=O) groups is 3. The van der Waals surface area contributed by atoms with Crippen LogP contribution in [0.15, 0.2) is 0 Å². The topological polar surface area (TPSA) is 129 Å². The summed E-state index contributed by atoms with van der Waals surface area (Å²) in [5.74, 6) is -4.90. The van der Waals surface area contributed by atoms with Crippen molar-refractivity contribution in [2.75, 3.05) is 0 Å². The van der Waals surface area contributed by atoms with Gasteiger partial charge in [-0.3, -0.25) is 14.4 Å². The van der Waals surface area contributed by atoms with Crippen molar-refractivity contribution >= 4 is 17.7 Å². The third-order valence-electron chi connectivity index (χ3n) is 1.44. The zero-order chi connectivity index (χ0) is 10.6. The molecule has 0 radical (unpaired) electrons. The van der Waals surface area contributed by atoms with Crippen LogP contribution >= 0.6 is 0 Å². The number of amides is 3. The highest BCUT2D eigenvalue weighted by Gasteiger charge is 2.28. The summed E-state index contributed by atoms with van der Waals surface area (Å²) in [4.78, 5) is 31.2. The van der Waals surface area contributed by atoms with E-state index in [1.54, 1.807) is 0 Å². The van der Waals surface area contributed by atoms with Crippen LogP contribution in [0.5, 0.6) is 0 Å². The smallest absolute Gasteiger partial charge is 0.252 e. The van der Waals surface area contributed by atoms with Crippen molar-refractivity contribution in [2.24, 2.45) is 23.1 Å². The van der Waals surface area contributed by atoms with E-state index in [0.29, 0.717) is 0 Å². The van der Waals surface area contributed by atoms with Crippen molar-refractivity contribution in [1.29, 1.82) is 0 Å². The van der Waals surface area contributed by atoms with Crippen LogP contribution in [0.1, 0.15) is 6.42 Å². The Labute approximate surface area is 73.2 Å². The Morgan fingerprint density at radius 1 is 1.00 bits per heavy atom. The third-order valence-corrected chi connectivity index (χ3v) is 1.44. The van der Waals surface area contributed by atoms with Crippen molar-refractivity contribution < 1.29 is 18.8 Å². The van der Waals surface area contributed by atoms with Crippen molar-refractivity contribution in [3.05, 3.63) is 0 Å². The van der Waals surface area contributed by atoms with Crippen molar-refractivity contribution in [3.8, 4) is 0 Å². The first kappa shape index (κ1) is 11.3. The molecule has 0 saturated carbocycles. The van der Waals surface area contributed by atoms with Crippen LogP contribution in [-0.4, -0.2) is 23.9 Å². The first-order valence-electron chi connectivity index (χ1n) is 3.38. The summed E-state index contributed by atoms with van der Waals surface area (Å²) in [7, 11) is 0. The van der Waals surface area contributed by atoms with Crippen LogP contribution < -0.4 is 17.2 Å². The predicted molar refractivity (Wildman–Crippen MR) is 40.6 cm³/mol. The monoisotopic (exact) mass is 191 g/mol. The van der Waals surface area contributed by atoms with Crippen LogP contribution in [0.2, 0.25) is 0 Å². The van der Waals surface area contributed by atoms with Gasteiger partial charge in [0, 0.05) is 6.42 Å². The number of primary amides is 3. The minimum atomic E-state index is -2.09. The van der Waals surface area contributed by atoms with Crippen molar-refractivity contribution in [2.45, 2.75) is 12.6 Å². The van der Waals surface area contributed by atoms with Crippen LogP contribution in [-0.2, 0) is 14.4 Å². The minimum Gasteiger partial charge on any atom is -0.369 e. The minimum absolute atomic E-state index is 0.694. The van der Waals surface area contributed by atoms with Gasteiger partial charge < -0.3 is 17.2 Å². The van der Waals surface area contributed by atoms with E-state index >= 15 is 0 Å². The predicted octanol–water partition coefficient (Wildman–Crippen LogP) is -2.21. The molecule has 1 unspecified atom stereocenters. The Kier molecular flexibility index (Phi) is 3.83. The van der Waals surface area contributed by atoms with E-state index in [4.69, 9.17) is 11.5 Å².